The van der Waals surface area contributed by atoms with Crippen molar-refractivity contribution < 1.29 is 38.4 Å². The molecule has 1 aliphatic rings. The van der Waals surface area contributed by atoms with Crippen LogP contribution in [0, 0.1) is 17.8 Å². The fourth-order valence-electron chi connectivity index (χ4n) is 2.46. The van der Waals surface area contributed by atoms with Crippen molar-refractivity contribution in [2.24, 2.45) is 17.8 Å². The molecule has 2 amide bonds. The maximum atomic E-state index is 12.1. The van der Waals surface area contributed by atoms with Crippen molar-refractivity contribution in [3.63, 3.8) is 0 Å². The van der Waals surface area contributed by atoms with Gasteiger partial charge in [-0.15, -0.1) is 0 Å². The first-order valence-electron chi connectivity index (χ1n) is 8.17. The van der Waals surface area contributed by atoms with Crippen LogP contribution in [-0.4, -0.2) is 45.7 Å². The summed E-state index contributed by atoms with van der Waals surface area (Å²) in [6.45, 7) is 12.1. The van der Waals surface area contributed by atoms with Gasteiger partial charge in [0.05, 0.1) is 0 Å². The number of aliphatic hydroxyl groups excluding tert-OH is 2. The minimum absolute atomic E-state index is 0. The first-order valence-corrected chi connectivity index (χ1v) is 8.17. The van der Waals surface area contributed by atoms with E-state index in [0.29, 0.717) is 25.4 Å². The predicted molar refractivity (Wildman–Crippen MR) is 87.1 cm³/mol. The molecule has 1 fully saturated rings. The molecule has 0 aromatic rings. The van der Waals surface area contributed by atoms with Crippen LogP contribution in [0.1, 0.15) is 60.8 Å². The van der Waals surface area contributed by atoms with Crippen LogP contribution < -0.4 is 0 Å². The molecule has 0 aromatic carbocycles. The van der Waals surface area contributed by atoms with Gasteiger partial charge < -0.3 is 10.2 Å². The van der Waals surface area contributed by atoms with Gasteiger partial charge in [-0.25, -0.2) is 0 Å². The average molecular weight is 366 g/mol. The second kappa shape index (κ2) is 11.2. The van der Waals surface area contributed by atoms with Gasteiger partial charge in [0.2, 0.25) is 11.8 Å². The van der Waals surface area contributed by atoms with E-state index in [1.807, 2.05) is 27.7 Å². The van der Waals surface area contributed by atoms with Crippen molar-refractivity contribution in [1.29, 1.82) is 0 Å². The van der Waals surface area contributed by atoms with Crippen LogP contribution >= 0.6 is 0 Å². The topological polar surface area (TPSA) is 77.8 Å². The van der Waals surface area contributed by atoms with E-state index in [1.54, 1.807) is 0 Å². The molecule has 1 rings (SSSR count). The van der Waals surface area contributed by atoms with Crippen molar-refractivity contribution >= 4 is 11.8 Å². The van der Waals surface area contributed by atoms with E-state index in [2.05, 4.69) is 13.8 Å². The van der Waals surface area contributed by atoms with Crippen molar-refractivity contribution in [3.8, 4) is 0 Å². The van der Waals surface area contributed by atoms with Crippen LogP contribution in [0.3, 0.4) is 0 Å². The molecule has 1 unspecified atom stereocenters. The van der Waals surface area contributed by atoms with Gasteiger partial charge in [-0.1, -0.05) is 27.7 Å². The Morgan fingerprint density at radius 3 is 1.91 bits per heavy atom. The van der Waals surface area contributed by atoms with Crippen LogP contribution in [0.5, 0.6) is 0 Å². The Balaban J connectivity index is 0. The maximum Gasteiger partial charge on any atom is 0.233 e. The normalized spacial score (nSPS) is 18.2. The zero-order valence-corrected chi connectivity index (χ0v) is 16.8. The second-order valence-electron chi connectivity index (χ2n) is 7.31. The van der Waals surface area contributed by atoms with Crippen molar-refractivity contribution in [2.45, 2.75) is 66.3 Å². The number of likely N-dealkylation sites (tertiary alicyclic amines) is 1. The fraction of sp³-hybridized carbons (Fsp3) is 0.882. The quantitative estimate of drug-likeness (QED) is 0.707. The summed E-state index contributed by atoms with van der Waals surface area (Å²) >= 11 is 0. The number of hydrogen-bond acceptors (Lipinski definition) is 4. The van der Waals surface area contributed by atoms with Crippen molar-refractivity contribution in [2.75, 3.05) is 13.2 Å². The van der Waals surface area contributed by atoms with Gasteiger partial charge in [0, 0.05) is 49.6 Å². The van der Waals surface area contributed by atoms with Gasteiger partial charge in [0.25, 0.3) is 0 Å². The smallest absolute Gasteiger partial charge is 0.233 e. The molecule has 1 aliphatic heterocycles. The molecule has 1 atom stereocenters. The van der Waals surface area contributed by atoms with E-state index < -0.39 is 5.54 Å². The zero-order valence-electron chi connectivity index (χ0n) is 15.4. The Labute approximate surface area is 152 Å². The van der Waals surface area contributed by atoms with Gasteiger partial charge in [-0.3, -0.25) is 14.5 Å². The Kier molecular flexibility index (Phi) is 12.2. The molecule has 0 saturated carbocycles. The Morgan fingerprint density at radius 1 is 1.13 bits per heavy atom. The summed E-state index contributed by atoms with van der Waals surface area (Å²) in [6, 6.07) is 0. The first kappa shape index (κ1) is 24.9. The Bertz CT molecular complexity index is 370. The van der Waals surface area contributed by atoms with E-state index >= 15 is 0 Å². The molecule has 0 aromatic heterocycles. The summed E-state index contributed by atoms with van der Waals surface area (Å²) in [6.07, 6.45) is 1.67. The molecule has 2 N–H and O–H groups in total. The van der Waals surface area contributed by atoms with Gasteiger partial charge in [-0.2, -0.15) is 0 Å². The summed E-state index contributed by atoms with van der Waals surface area (Å²) in [5.41, 5.74) is -0.577. The van der Waals surface area contributed by atoms with Gasteiger partial charge in [-0.05, 0) is 38.5 Å². The van der Waals surface area contributed by atoms with Crippen LogP contribution in [0.4, 0.5) is 0 Å². The molecular weight excluding hydrogens is 333 g/mol. The number of imide groups is 1. The fourth-order valence-corrected chi connectivity index (χ4v) is 2.46. The second-order valence-corrected chi connectivity index (χ2v) is 7.31. The van der Waals surface area contributed by atoms with E-state index in [4.69, 9.17) is 10.2 Å². The van der Waals surface area contributed by atoms with Crippen LogP contribution in [0.25, 0.3) is 0 Å². The first-order chi connectivity index (χ1) is 10.1. The molecule has 1 radical (unpaired) electrons. The molecule has 6 heteroatoms. The third-order valence-corrected chi connectivity index (χ3v) is 4.02. The molecule has 0 spiro atoms. The third kappa shape index (κ3) is 7.84. The molecule has 1 saturated heterocycles. The van der Waals surface area contributed by atoms with Crippen molar-refractivity contribution in [3.05, 3.63) is 0 Å². The minimum atomic E-state index is -0.577. The maximum absolute atomic E-state index is 12.1. The largest absolute Gasteiger partial charge is 0.396 e. The zero-order chi connectivity index (χ0) is 17.5. The number of hydrogen-bond donors (Lipinski definition) is 2. The Morgan fingerprint density at radius 2 is 1.65 bits per heavy atom. The summed E-state index contributed by atoms with van der Waals surface area (Å²) in [4.78, 5) is 25.3. The van der Waals surface area contributed by atoms with Crippen LogP contribution in [0.15, 0.2) is 0 Å². The van der Waals surface area contributed by atoms with E-state index in [0.717, 1.165) is 6.42 Å². The molecule has 5 nitrogen and oxygen atoms in total. The van der Waals surface area contributed by atoms with Crippen molar-refractivity contribution in [1.82, 2.24) is 4.90 Å². The number of aliphatic hydroxyl groups is 2. The number of amides is 2. The minimum Gasteiger partial charge on any atom is -0.396 e. The molecule has 0 aliphatic carbocycles. The molecular formula is C17H33NO4V. The van der Waals surface area contributed by atoms with Gasteiger partial charge >= 0.3 is 0 Å². The van der Waals surface area contributed by atoms with E-state index in [1.165, 1.54) is 4.90 Å². The summed E-state index contributed by atoms with van der Waals surface area (Å²) in [5, 5.41) is 17.2. The van der Waals surface area contributed by atoms with E-state index in [9.17, 15) is 9.59 Å². The third-order valence-electron chi connectivity index (χ3n) is 4.02. The molecule has 23 heavy (non-hydrogen) atoms. The Hall–Kier alpha value is -0.356. The number of carbonyl (C=O) groups is 2. The molecule has 135 valence electrons. The SMILES string of the molecule is CC(C)C1CC(=O)N(C(C)(C)CCO)C1=O.CC(C)CCO.[V]. The monoisotopic (exact) mass is 366 g/mol. The number of carbonyl (C=O) groups excluding carboxylic acids is 2. The standard InChI is InChI=1S/C12H21NO3.C5H12O.V/c1-8(2)9-7-10(15)13(11(9)16)12(3,4)5-6-14;1-5(2)3-4-6;/h8-9,14H,5-7H2,1-4H3;5-6H,3-4H2,1-2H3;. The summed E-state index contributed by atoms with van der Waals surface area (Å²) in [7, 11) is 0. The van der Waals surface area contributed by atoms with E-state index in [-0.39, 0.29) is 48.8 Å². The summed E-state index contributed by atoms with van der Waals surface area (Å²) in [5.74, 6) is 0.451. The van der Waals surface area contributed by atoms with Gasteiger partial charge in [0.1, 0.15) is 0 Å². The predicted octanol–water partition coefficient (Wildman–Crippen LogP) is 2.20. The van der Waals surface area contributed by atoms with Crippen LogP contribution in [0.2, 0.25) is 0 Å². The molecule has 0 bridgehead atoms. The van der Waals surface area contributed by atoms with Gasteiger partial charge in [0.15, 0.2) is 0 Å². The number of rotatable bonds is 6. The molecule has 1 heterocycles. The van der Waals surface area contributed by atoms with Crippen LogP contribution in [-0.2, 0) is 28.1 Å². The number of nitrogens with zero attached hydrogens (tertiary/aromatic N) is 1. The summed E-state index contributed by atoms with van der Waals surface area (Å²) < 4.78 is 0. The average Bonchev–Trinajstić information content (AvgIpc) is 2.65.